The van der Waals surface area contributed by atoms with E-state index in [1.165, 1.54) is 0 Å². The van der Waals surface area contributed by atoms with Crippen LogP contribution in [-0.2, 0) is 14.3 Å². The highest BCUT2D eigenvalue weighted by Crippen LogP contribution is 1.98. The Hall–Kier alpha value is -0.610. The highest BCUT2D eigenvalue weighted by molar-refractivity contribution is 5.70. The summed E-state index contributed by atoms with van der Waals surface area (Å²) in [6.07, 6.45) is 0.239. The molecule has 14 heavy (non-hydrogen) atoms. The minimum Gasteiger partial charge on any atom is -0.460 e. The zero-order valence-electron chi connectivity index (χ0n) is 9.50. The maximum atomic E-state index is 11.3. The minimum atomic E-state index is -0.178. The van der Waals surface area contributed by atoms with Gasteiger partial charge < -0.3 is 14.8 Å². The normalized spacial score (nSPS) is 14.9. The third kappa shape index (κ3) is 6.86. The number of hydrogen-bond donors (Lipinski definition) is 1. The average molecular weight is 203 g/mol. The van der Waals surface area contributed by atoms with Gasteiger partial charge in [0.15, 0.2) is 0 Å². The number of rotatable bonds is 7. The van der Waals surface area contributed by atoms with Crippen molar-refractivity contribution in [2.75, 3.05) is 20.3 Å². The Labute approximate surface area is 86.0 Å². The predicted molar refractivity (Wildman–Crippen MR) is 55.2 cm³/mol. The van der Waals surface area contributed by atoms with Gasteiger partial charge in [-0.25, -0.2) is 0 Å². The van der Waals surface area contributed by atoms with E-state index in [2.05, 4.69) is 5.32 Å². The summed E-state index contributed by atoms with van der Waals surface area (Å²) >= 11 is 0. The van der Waals surface area contributed by atoms with Crippen molar-refractivity contribution in [1.82, 2.24) is 5.32 Å². The third-order valence-corrected chi connectivity index (χ3v) is 1.76. The lowest BCUT2D eigenvalue weighted by Gasteiger charge is -2.15. The second-order valence-electron chi connectivity index (χ2n) is 3.42. The van der Waals surface area contributed by atoms with Crippen LogP contribution in [0.4, 0.5) is 0 Å². The third-order valence-electron chi connectivity index (χ3n) is 1.76. The summed E-state index contributed by atoms with van der Waals surface area (Å²) in [6, 6.07) is 0.169. The summed E-state index contributed by atoms with van der Waals surface area (Å²) in [6.45, 7) is 7.10. The van der Waals surface area contributed by atoms with Crippen molar-refractivity contribution in [3.05, 3.63) is 0 Å². The van der Waals surface area contributed by atoms with E-state index in [9.17, 15) is 4.79 Å². The summed E-state index contributed by atoms with van der Waals surface area (Å²) < 4.78 is 9.97. The van der Waals surface area contributed by atoms with Gasteiger partial charge in [-0.2, -0.15) is 0 Å². The van der Waals surface area contributed by atoms with E-state index in [-0.39, 0.29) is 18.1 Å². The van der Waals surface area contributed by atoms with Crippen LogP contribution in [0.25, 0.3) is 0 Å². The largest absolute Gasteiger partial charge is 0.460 e. The number of hydrogen-bond acceptors (Lipinski definition) is 4. The van der Waals surface area contributed by atoms with Crippen LogP contribution in [0, 0.1) is 0 Å². The molecule has 0 aromatic carbocycles. The molecule has 0 fully saturated rings. The molecule has 0 spiro atoms. The number of ether oxygens (including phenoxy) is 2. The molecule has 0 radical (unpaired) electrons. The van der Waals surface area contributed by atoms with Crippen molar-refractivity contribution >= 4 is 5.97 Å². The van der Waals surface area contributed by atoms with Crippen molar-refractivity contribution in [2.45, 2.75) is 39.3 Å². The predicted octanol–water partition coefficient (Wildman–Crippen LogP) is 0.953. The van der Waals surface area contributed by atoms with Gasteiger partial charge in [-0.05, 0) is 20.4 Å². The molecule has 0 saturated heterocycles. The van der Waals surface area contributed by atoms with Crippen LogP contribution in [0.2, 0.25) is 0 Å². The van der Waals surface area contributed by atoms with Gasteiger partial charge in [0.2, 0.25) is 0 Å². The monoisotopic (exact) mass is 203 g/mol. The molecule has 2 atom stereocenters. The van der Waals surface area contributed by atoms with Crippen molar-refractivity contribution in [3.63, 3.8) is 0 Å². The number of esters is 1. The first-order valence-electron chi connectivity index (χ1n) is 5.01. The first-order valence-corrected chi connectivity index (χ1v) is 5.01. The number of nitrogens with one attached hydrogen (secondary N) is 1. The zero-order valence-corrected chi connectivity index (χ0v) is 9.50. The van der Waals surface area contributed by atoms with Crippen molar-refractivity contribution in [1.29, 1.82) is 0 Å². The molecule has 0 heterocycles. The number of methoxy groups -OCH3 is 1. The fourth-order valence-corrected chi connectivity index (χ4v) is 1.21. The SMILES string of the molecule is CCNC(C)CC(=O)OC(C)COC. The van der Waals surface area contributed by atoms with Crippen molar-refractivity contribution in [2.24, 2.45) is 0 Å². The quantitative estimate of drug-likeness (QED) is 0.626. The van der Waals surface area contributed by atoms with Crippen LogP contribution in [0.1, 0.15) is 27.2 Å². The molecule has 84 valence electrons. The molecule has 4 heteroatoms. The summed E-state index contributed by atoms with van der Waals surface area (Å²) in [5, 5.41) is 3.15. The Morgan fingerprint density at radius 2 is 2.07 bits per heavy atom. The second kappa shape index (κ2) is 7.76. The van der Waals surface area contributed by atoms with E-state index in [0.717, 1.165) is 6.54 Å². The van der Waals surface area contributed by atoms with Gasteiger partial charge in [0.25, 0.3) is 0 Å². The maximum absolute atomic E-state index is 11.3. The second-order valence-corrected chi connectivity index (χ2v) is 3.42. The highest BCUT2D eigenvalue weighted by Gasteiger charge is 2.12. The van der Waals surface area contributed by atoms with Crippen molar-refractivity contribution in [3.8, 4) is 0 Å². The Morgan fingerprint density at radius 1 is 1.43 bits per heavy atom. The Kier molecular flexibility index (Phi) is 7.42. The van der Waals surface area contributed by atoms with Gasteiger partial charge in [-0.3, -0.25) is 4.79 Å². The summed E-state index contributed by atoms with van der Waals surface area (Å²) in [5.74, 6) is -0.178. The van der Waals surface area contributed by atoms with Gasteiger partial charge >= 0.3 is 5.97 Å². The van der Waals surface area contributed by atoms with Gasteiger partial charge in [0.05, 0.1) is 13.0 Å². The molecule has 0 aliphatic heterocycles. The van der Waals surface area contributed by atoms with Gasteiger partial charge in [0.1, 0.15) is 6.10 Å². The number of carbonyl (C=O) groups is 1. The molecule has 0 rings (SSSR count). The van der Waals surface area contributed by atoms with E-state index in [4.69, 9.17) is 9.47 Å². The fraction of sp³-hybridized carbons (Fsp3) is 0.900. The molecule has 0 saturated carbocycles. The van der Waals surface area contributed by atoms with Gasteiger partial charge in [-0.1, -0.05) is 6.92 Å². The molecule has 4 nitrogen and oxygen atoms in total. The number of carbonyl (C=O) groups excluding carboxylic acids is 1. The molecule has 0 amide bonds. The highest BCUT2D eigenvalue weighted by atomic mass is 16.6. The van der Waals surface area contributed by atoms with Gasteiger partial charge in [0, 0.05) is 13.2 Å². The van der Waals surface area contributed by atoms with E-state index in [1.54, 1.807) is 7.11 Å². The van der Waals surface area contributed by atoms with Crippen LogP contribution < -0.4 is 5.32 Å². The molecule has 0 aliphatic rings. The molecule has 0 bridgehead atoms. The molecular formula is C10H21NO3. The molecule has 1 N–H and O–H groups in total. The lowest BCUT2D eigenvalue weighted by molar-refractivity contribution is -0.150. The van der Waals surface area contributed by atoms with Crippen molar-refractivity contribution < 1.29 is 14.3 Å². The van der Waals surface area contributed by atoms with Crippen LogP contribution >= 0.6 is 0 Å². The molecular weight excluding hydrogens is 182 g/mol. The van der Waals surface area contributed by atoms with E-state index >= 15 is 0 Å². The summed E-state index contributed by atoms with van der Waals surface area (Å²) in [7, 11) is 1.59. The summed E-state index contributed by atoms with van der Waals surface area (Å²) in [4.78, 5) is 11.3. The molecule has 0 aromatic rings. The Morgan fingerprint density at radius 3 is 2.57 bits per heavy atom. The smallest absolute Gasteiger partial charge is 0.307 e. The Balaban J connectivity index is 3.63. The van der Waals surface area contributed by atoms with Crippen LogP contribution in [0.5, 0.6) is 0 Å². The molecule has 2 unspecified atom stereocenters. The average Bonchev–Trinajstić information content (AvgIpc) is 2.03. The first kappa shape index (κ1) is 13.4. The maximum Gasteiger partial charge on any atom is 0.307 e. The lowest BCUT2D eigenvalue weighted by Crippen LogP contribution is -2.30. The van der Waals surface area contributed by atoms with E-state index in [0.29, 0.717) is 13.0 Å². The Bertz CT molecular complexity index is 145. The first-order chi connectivity index (χ1) is 6.60. The van der Waals surface area contributed by atoms with Crippen LogP contribution in [0.15, 0.2) is 0 Å². The minimum absolute atomic E-state index is 0.165. The standard InChI is InChI=1S/C10H21NO3/c1-5-11-8(2)6-10(12)14-9(3)7-13-4/h8-9,11H,5-7H2,1-4H3. The lowest BCUT2D eigenvalue weighted by atomic mass is 10.2. The zero-order chi connectivity index (χ0) is 11.0. The molecule has 0 aliphatic carbocycles. The summed E-state index contributed by atoms with van der Waals surface area (Å²) in [5.41, 5.74) is 0. The van der Waals surface area contributed by atoms with Gasteiger partial charge in [-0.15, -0.1) is 0 Å². The topological polar surface area (TPSA) is 47.6 Å². The van der Waals surface area contributed by atoms with Crippen LogP contribution in [0.3, 0.4) is 0 Å². The molecule has 0 aromatic heterocycles. The van der Waals surface area contributed by atoms with E-state index in [1.807, 2.05) is 20.8 Å². The van der Waals surface area contributed by atoms with Crippen LogP contribution in [-0.4, -0.2) is 38.4 Å². The fourth-order valence-electron chi connectivity index (χ4n) is 1.21. The van der Waals surface area contributed by atoms with E-state index < -0.39 is 0 Å².